The molecule has 9 heteroatoms. The fourth-order valence-electron chi connectivity index (χ4n) is 3.72. The lowest BCUT2D eigenvalue weighted by Crippen LogP contribution is -2.49. The second-order valence-electron chi connectivity index (χ2n) is 7.37. The summed E-state index contributed by atoms with van der Waals surface area (Å²) in [6.07, 6.45) is 0.875. The zero-order valence-corrected chi connectivity index (χ0v) is 15.8. The van der Waals surface area contributed by atoms with E-state index in [9.17, 15) is 18.7 Å². The molecule has 3 aromatic rings. The average molecular weight is 411 g/mol. The highest BCUT2D eigenvalue weighted by molar-refractivity contribution is 5.96. The summed E-state index contributed by atoms with van der Waals surface area (Å²) in [6.45, 7) is 0.264. The number of hydrogen-bond acceptors (Lipinski definition) is 6. The molecule has 4 N–H and O–H groups in total. The van der Waals surface area contributed by atoms with Crippen LogP contribution >= 0.6 is 0 Å². The molecule has 0 atom stereocenters. The third-order valence-electron chi connectivity index (χ3n) is 5.32. The van der Waals surface area contributed by atoms with Gasteiger partial charge in [0.1, 0.15) is 23.6 Å². The number of benzene rings is 1. The number of halogens is 2. The van der Waals surface area contributed by atoms with Crippen LogP contribution in [0.2, 0.25) is 0 Å². The molecule has 0 aliphatic heterocycles. The third kappa shape index (κ3) is 3.66. The zero-order chi connectivity index (χ0) is 21.3. The maximum Gasteiger partial charge on any atom is 0.252 e. The van der Waals surface area contributed by atoms with Gasteiger partial charge in [-0.1, -0.05) is 0 Å². The molecule has 1 aliphatic rings. The standard InChI is InChI=1S/C21H19F2N5O2/c22-13-9-21(10-13,19-15(23)2-1-7-25-19)11-26-18-6-4-16(27-28-18)12-3-5-17(29)14(8-12)20(24)30/h1-8,13,29H,9-11H2,(H2,24,30)(H,26,28)/t13-,21-. The topological polar surface area (TPSA) is 114 Å². The van der Waals surface area contributed by atoms with Crippen molar-refractivity contribution < 1.29 is 18.7 Å². The Hall–Kier alpha value is -3.62. The van der Waals surface area contributed by atoms with Gasteiger partial charge in [-0.05, 0) is 55.3 Å². The van der Waals surface area contributed by atoms with Crippen molar-refractivity contribution in [1.82, 2.24) is 15.2 Å². The molecule has 1 saturated carbocycles. The van der Waals surface area contributed by atoms with E-state index in [-0.39, 0.29) is 36.4 Å². The van der Waals surface area contributed by atoms with Crippen molar-refractivity contribution in [3.05, 3.63) is 65.7 Å². The van der Waals surface area contributed by atoms with E-state index in [1.165, 1.54) is 30.5 Å². The quantitative estimate of drug-likeness (QED) is 0.575. The first-order chi connectivity index (χ1) is 14.4. The van der Waals surface area contributed by atoms with Crippen LogP contribution in [0.1, 0.15) is 28.9 Å². The van der Waals surface area contributed by atoms with Crippen molar-refractivity contribution in [2.45, 2.75) is 24.4 Å². The first-order valence-corrected chi connectivity index (χ1v) is 9.34. The van der Waals surface area contributed by atoms with Crippen molar-refractivity contribution in [3.8, 4) is 17.0 Å². The Balaban J connectivity index is 1.51. The van der Waals surface area contributed by atoms with Gasteiger partial charge >= 0.3 is 0 Å². The second kappa shape index (κ2) is 7.66. The van der Waals surface area contributed by atoms with Crippen molar-refractivity contribution in [3.63, 3.8) is 0 Å². The maximum absolute atomic E-state index is 14.2. The predicted octanol–water partition coefficient (Wildman–Crippen LogP) is 2.96. The summed E-state index contributed by atoms with van der Waals surface area (Å²) in [5.74, 6) is -0.980. The number of nitrogens with zero attached hydrogens (tertiary/aromatic N) is 3. The van der Waals surface area contributed by atoms with Crippen LogP contribution in [0, 0.1) is 5.82 Å². The molecule has 1 amide bonds. The molecular weight excluding hydrogens is 392 g/mol. The fourth-order valence-corrected chi connectivity index (χ4v) is 3.72. The first-order valence-electron chi connectivity index (χ1n) is 9.34. The Morgan fingerprint density at radius 2 is 2.03 bits per heavy atom. The van der Waals surface area contributed by atoms with Gasteiger partial charge in [-0.3, -0.25) is 9.78 Å². The number of aromatic hydroxyl groups is 1. The van der Waals surface area contributed by atoms with E-state index in [0.717, 1.165) is 0 Å². The number of rotatable bonds is 6. The first kappa shape index (κ1) is 19.7. The number of anilines is 1. The number of nitrogens with two attached hydrogens (primary N) is 1. The van der Waals surface area contributed by atoms with Gasteiger partial charge in [0.25, 0.3) is 5.91 Å². The number of primary amides is 1. The molecule has 1 aliphatic carbocycles. The number of amides is 1. The highest BCUT2D eigenvalue weighted by atomic mass is 19.1. The van der Waals surface area contributed by atoms with E-state index in [4.69, 9.17) is 5.73 Å². The Bertz CT molecular complexity index is 1090. The number of hydrogen-bond donors (Lipinski definition) is 3. The molecule has 1 fully saturated rings. The van der Waals surface area contributed by atoms with E-state index in [2.05, 4.69) is 20.5 Å². The van der Waals surface area contributed by atoms with Crippen LogP contribution in [-0.4, -0.2) is 38.9 Å². The molecule has 0 bridgehead atoms. The summed E-state index contributed by atoms with van der Waals surface area (Å²) >= 11 is 0. The normalized spacial score (nSPS) is 20.4. The fraction of sp³-hybridized carbons (Fsp3) is 0.238. The Morgan fingerprint density at radius 3 is 2.67 bits per heavy atom. The van der Waals surface area contributed by atoms with E-state index in [1.807, 2.05) is 0 Å². The van der Waals surface area contributed by atoms with Gasteiger partial charge in [0.2, 0.25) is 0 Å². The number of aromatic nitrogens is 3. The minimum atomic E-state index is -0.990. The molecule has 0 saturated heterocycles. The molecule has 1 aromatic carbocycles. The Kier molecular flexibility index (Phi) is 5.03. The van der Waals surface area contributed by atoms with Crippen molar-refractivity contribution in [2.24, 2.45) is 5.73 Å². The summed E-state index contributed by atoms with van der Waals surface area (Å²) in [6, 6.07) is 10.6. The highest BCUT2D eigenvalue weighted by Crippen LogP contribution is 2.45. The van der Waals surface area contributed by atoms with E-state index in [1.54, 1.807) is 18.2 Å². The average Bonchev–Trinajstić information content (AvgIpc) is 2.71. The monoisotopic (exact) mass is 411 g/mol. The predicted molar refractivity (Wildman–Crippen MR) is 106 cm³/mol. The summed E-state index contributed by atoms with van der Waals surface area (Å²) in [7, 11) is 0. The van der Waals surface area contributed by atoms with E-state index >= 15 is 0 Å². The number of phenols is 1. The van der Waals surface area contributed by atoms with Crippen molar-refractivity contribution in [2.75, 3.05) is 11.9 Å². The molecule has 2 heterocycles. The van der Waals surface area contributed by atoms with Gasteiger partial charge in [0.15, 0.2) is 0 Å². The van der Waals surface area contributed by atoms with E-state index in [0.29, 0.717) is 17.1 Å². The molecule has 0 unspecified atom stereocenters. The highest BCUT2D eigenvalue weighted by Gasteiger charge is 2.48. The Morgan fingerprint density at radius 1 is 1.23 bits per heavy atom. The van der Waals surface area contributed by atoms with Crippen LogP contribution in [-0.2, 0) is 5.41 Å². The lowest BCUT2D eigenvalue weighted by molar-refractivity contribution is 0.0963. The smallest absolute Gasteiger partial charge is 0.252 e. The van der Waals surface area contributed by atoms with Crippen molar-refractivity contribution >= 4 is 11.7 Å². The lowest BCUT2D eigenvalue weighted by atomic mass is 9.65. The maximum atomic E-state index is 14.2. The van der Waals surface area contributed by atoms with Gasteiger partial charge in [-0.2, -0.15) is 0 Å². The minimum Gasteiger partial charge on any atom is -0.507 e. The third-order valence-corrected chi connectivity index (χ3v) is 5.32. The molecule has 0 radical (unpaired) electrons. The zero-order valence-electron chi connectivity index (χ0n) is 15.8. The summed E-state index contributed by atoms with van der Waals surface area (Å²) in [5.41, 5.74) is 5.78. The summed E-state index contributed by atoms with van der Waals surface area (Å²) < 4.78 is 27.9. The molecule has 0 spiro atoms. The van der Waals surface area contributed by atoms with Crippen LogP contribution in [0.15, 0.2) is 48.7 Å². The Labute approximate surface area is 171 Å². The van der Waals surface area contributed by atoms with Gasteiger partial charge in [0.05, 0.1) is 17.0 Å². The largest absolute Gasteiger partial charge is 0.507 e. The van der Waals surface area contributed by atoms with Gasteiger partial charge in [-0.25, -0.2) is 8.78 Å². The van der Waals surface area contributed by atoms with E-state index < -0.39 is 23.3 Å². The van der Waals surface area contributed by atoms with Gasteiger partial charge in [-0.15, -0.1) is 10.2 Å². The van der Waals surface area contributed by atoms with Gasteiger partial charge < -0.3 is 16.2 Å². The minimum absolute atomic E-state index is 0.0124. The number of carbonyl (C=O) groups is 1. The molecular formula is C21H19F2N5O2. The summed E-state index contributed by atoms with van der Waals surface area (Å²) in [5, 5.41) is 21.0. The number of alkyl halides is 1. The molecule has 2 aromatic heterocycles. The SMILES string of the molecule is NC(=O)c1cc(-c2ccc(NC[C@]3(c4ncccc4F)C[C@H](F)C3)nn2)ccc1O. The summed E-state index contributed by atoms with van der Waals surface area (Å²) in [4.78, 5) is 15.5. The van der Waals surface area contributed by atoms with Crippen LogP contribution < -0.4 is 11.1 Å². The van der Waals surface area contributed by atoms with Crippen LogP contribution in [0.3, 0.4) is 0 Å². The van der Waals surface area contributed by atoms with Gasteiger partial charge in [0, 0.05) is 23.7 Å². The van der Waals surface area contributed by atoms with Crippen LogP contribution in [0.5, 0.6) is 5.75 Å². The molecule has 30 heavy (non-hydrogen) atoms. The van der Waals surface area contributed by atoms with Crippen molar-refractivity contribution in [1.29, 1.82) is 0 Å². The lowest BCUT2D eigenvalue weighted by Gasteiger charge is -2.44. The molecule has 154 valence electrons. The molecule has 7 nitrogen and oxygen atoms in total. The van der Waals surface area contributed by atoms with Crippen LogP contribution in [0.25, 0.3) is 11.3 Å². The van der Waals surface area contributed by atoms with Crippen LogP contribution in [0.4, 0.5) is 14.6 Å². The number of carbonyl (C=O) groups excluding carboxylic acids is 1. The number of pyridine rings is 1. The molecule has 4 rings (SSSR count). The number of nitrogens with one attached hydrogen (secondary N) is 1. The second-order valence-corrected chi connectivity index (χ2v) is 7.37.